The molecule has 9 heavy (non-hydrogen) atoms. The summed E-state index contributed by atoms with van der Waals surface area (Å²) in [6.07, 6.45) is -4.27. The first-order chi connectivity index (χ1) is 3.90. The number of ether oxygens (including phenoxy) is 1. The molecule has 0 aliphatic carbocycles. The minimum Gasteiger partial charge on any atom is -0.261 e. The van der Waals surface area contributed by atoms with E-state index in [0.717, 1.165) is 0 Å². The molecule has 1 unspecified atom stereocenters. The lowest BCUT2D eigenvalue weighted by atomic mass is 10.4. The molecule has 0 amide bonds. The summed E-state index contributed by atoms with van der Waals surface area (Å²) in [5.74, 6) is -3.99. The third kappa shape index (κ3) is 0.625. The van der Waals surface area contributed by atoms with Gasteiger partial charge in [-0.2, -0.15) is 17.6 Å². The van der Waals surface area contributed by atoms with Gasteiger partial charge in [0, 0.05) is 0 Å². The first-order valence-corrected chi connectivity index (χ1v) is 1.87. The summed E-state index contributed by atoms with van der Waals surface area (Å²) in [5.41, 5.74) is 0. The molecule has 2 nitrogen and oxygen atoms in total. The summed E-state index contributed by atoms with van der Waals surface area (Å²) in [6, 6.07) is -2.80. The van der Waals surface area contributed by atoms with Crippen molar-refractivity contribution in [1.82, 2.24) is 0 Å². The smallest absolute Gasteiger partial charge is 0.261 e. The van der Waals surface area contributed by atoms with E-state index in [9.17, 15) is 22.4 Å². The first kappa shape index (κ1) is 6.47. The highest BCUT2D eigenvalue weighted by Crippen LogP contribution is 2.52. The maximum atomic E-state index is 11.7. The number of alkyl halides is 3. The van der Waals surface area contributed by atoms with Crippen LogP contribution in [0.4, 0.5) is 17.6 Å². The summed E-state index contributed by atoms with van der Waals surface area (Å²) >= 11 is 0. The van der Waals surface area contributed by atoms with E-state index in [-0.39, 0.29) is 0 Å². The van der Waals surface area contributed by atoms with Crippen LogP contribution in [0.2, 0.25) is 0 Å². The number of halogens is 4. The number of epoxide rings is 1. The predicted octanol–water partition coefficient (Wildman–Crippen LogP) is 0.771. The lowest BCUT2D eigenvalue weighted by molar-refractivity contribution is -0.142. The molecule has 0 aromatic heterocycles. The Morgan fingerprint density at radius 3 is 1.67 bits per heavy atom. The quantitative estimate of drug-likeness (QED) is 0.309. The number of hydrogen-bond donors (Lipinski definition) is 0. The zero-order valence-electron chi connectivity index (χ0n) is 3.83. The fraction of sp³-hybridized carbons (Fsp3) is 0.667. The summed E-state index contributed by atoms with van der Waals surface area (Å²) in [6.45, 7) is 0. The number of carbonyl (C=O) groups excluding carboxylic acids is 1. The van der Waals surface area contributed by atoms with Gasteiger partial charge in [-0.1, -0.05) is 0 Å². The topological polar surface area (TPSA) is 29.6 Å². The van der Waals surface area contributed by atoms with Gasteiger partial charge in [-0.25, -0.2) is 0 Å². The van der Waals surface area contributed by atoms with Crippen molar-refractivity contribution in [2.75, 3.05) is 0 Å². The lowest BCUT2D eigenvalue weighted by Crippen LogP contribution is -2.20. The van der Waals surface area contributed by atoms with E-state index >= 15 is 0 Å². The van der Waals surface area contributed by atoms with Crippen LogP contribution in [0.25, 0.3) is 0 Å². The van der Waals surface area contributed by atoms with E-state index in [4.69, 9.17) is 0 Å². The molecule has 0 saturated carbocycles. The molecule has 1 aliphatic heterocycles. The normalized spacial score (nSPS) is 38.2. The van der Waals surface area contributed by atoms with Crippen molar-refractivity contribution >= 4 is 6.04 Å². The second kappa shape index (κ2) is 1.26. The SMILES string of the molecule is O=C(F)C1(F)OC1(F)F. The highest BCUT2D eigenvalue weighted by Gasteiger charge is 2.82. The predicted molar refractivity (Wildman–Crippen MR) is 16.0 cm³/mol. The van der Waals surface area contributed by atoms with Crippen LogP contribution in [0.5, 0.6) is 0 Å². The second-order valence-electron chi connectivity index (χ2n) is 1.49. The van der Waals surface area contributed by atoms with Gasteiger partial charge in [-0.3, -0.25) is 9.53 Å². The fourth-order valence-corrected chi connectivity index (χ4v) is 0.306. The van der Waals surface area contributed by atoms with E-state index in [1.54, 1.807) is 0 Å². The van der Waals surface area contributed by atoms with Gasteiger partial charge in [0.1, 0.15) is 0 Å². The monoisotopic (exact) mass is 144 g/mol. The average molecular weight is 144 g/mol. The molecule has 0 N–H and O–H groups in total. The van der Waals surface area contributed by atoms with Crippen LogP contribution in [0.3, 0.4) is 0 Å². The molecule has 1 heterocycles. The van der Waals surface area contributed by atoms with Crippen molar-refractivity contribution in [1.29, 1.82) is 0 Å². The molecule has 1 rings (SSSR count). The molecule has 1 saturated heterocycles. The molecule has 52 valence electrons. The Morgan fingerprint density at radius 1 is 1.33 bits per heavy atom. The van der Waals surface area contributed by atoms with Crippen molar-refractivity contribution in [3.63, 3.8) is 0 Å². The van der Waals surface area contributed by atoms with Crippen LogP contribution in [-0.4, -0.2) is 18.0 Å². The fourth-order valence-electron chi connectivity index (χ4n) is 0.306. The highest BCUT2D eigenvalue weighted by molar-refractivity contribution is 5.80. The summed E-state index contributed by atoms with van der Waals surface area (Å²) in [5, 5.41) is 0. The minimum atomic E-state index is -4.27. The Labute approximate surface area is 46.4 Å². The Balaban J connectivity index is 2.74. The number of rotatable bonds is 1. The van der Waals surface area contributed by atoms with E-state index in [2.05, 4.69) is 4.74 Å². The summed E-state index contributed by atoms with van der Waals surface area (Å²) in [7, 11) is 0. The molecule has 6 heteroatoms. The van der Waals surface area contributed by atoms with E-state index in [0.29, 0.717) is 0 Å². The van der Waals surface area contributed by atoms with Gasteiger partial charge in [0.05, 0.1) is 0 Å². The molecule has 1 aliphatic rings. The van der Waals surface area contributed by atoms with Crippen molar-refractivity contribution in [3.8, 4) is 0 Å². The number of carbonyl (C=O) groups is 1. The molecule has 1 atom stereocenters. The molecule has 0 spiro atoms. The van der Waals surface area contributed by atoms with Gasteiger partial charge in [-0.05, 0) is 0 Å². The number of hydrogen-bond acceptors (Lipinski definition) is 2. The second-order valence-corrected chi connectivity index (χ2v) is 1.49. The third-order valence-corrected chi connectivity index (χ3v) is 0.854. The Bertz CT molecular complexity index is 167. The Kier molecular flexibility index (Phi) is 0.904. The average Bonchev–Trinajstić information content (AvgIpc) is 2.08. The zero-order chi connectivity index (χ0) is 7.28. The maximum absolute atomic E-state index is 11.7. The van der Waals surface area contributed by atoms with Crippen molar-refractivity contribution < 1.29 is 27.1 Å². The standard InChI is InChI=1S/C3F4O2/c4-1(8)2(5)3(6,7)9-2. The molecular weight excluding hydrogens is 144 g/mol. The van der Waals surface area contributed by atoms with Gasteiger partial charge in [0.15, 0.2) is 0 Å². The van der Waals surface area contributed by atoms with Crippen molar-refractivity contribution in [3.05, 3.63) is 0 Å². The van der Waals surface area contributed by atoms with Gasteiger partial charge in [-0.15, -0.1) is 0 Å². The van der Waals surface area contributed by atoms with Crippen LogP contribution in [0.1, 0.15) is 0 Å². The summed E-state index contributed by atoms with van der Waals surface area (Å²) < 4.78 is 48.4. The third-order valence-electron chi connectivity index (χ3n) is 0.854. The molecular formula is C3F4O2. The molecule has 1 fully saturated rings. The Morgan fingerprint density at radius 2 is 1.67 bits per heavy atom. The minimum absolute atomic E-state index is 2.80. The highest BCUT2D eigenvalue weighted by atomic mass is 19.3. The van der Waals surface area contributed by atoms with Crippen molar-refractivity contribution in [2.45, 2.75) is 12.0 Å². The van der Waals surface area contributed by atoms with E-state index < -0.39 is 18.0 Å². The Hall–Kier alpha value is -0.650. The van der Waals surface area contributed by atoms with Gasteiger partial charge >= 0.3 is 18.0 Å². The summed E-state index contributed by atoms with van der Waals surface area (Å²) in [4.78, 5) is 9.30. The van der Waals surface area contributed by atoms with E-state index in [1.165, 1.54) is 0 Å². The van der Waals surface area contributed by atoms with E-state index in [1.807, 2.05) is 0 Å². The molecule has 0 bridgehead atoms. The van der Waals surface area contributed by atoms with Crippen LogP contribution in [0, 0.1) is 0 Å². The van der Waals surface area contributed by atoms with Crippen LogP contribution in [-0.2, 0) is 9.53 Å². The maximum Gasteiger partial charge on any atom is 0.428 e. The lowest BCUT2D eigenvalue weighted by Gasteiger charge is -1.86. The van der Waals surface area contributed by atoms with Crippen molar-refractivity contribution in [2.24, 2.45) is 0 Å². The van der Waals surface area contributed by atoms with Gasteiger partial charge in [0.2, 0.25) is 0 Å². The van der Waals surface area contributed by atoms with Gasteiger partial charge < -0.3 is 0 Å². The first-order valence-electron chi connectivity index (χ1n) is 1.87. The van der Waals surface area contributed by atoms with Crippen LogP contribution >= 0.6 is 0 Å². The van der Waals surface area contributed by atoms with Gasteiger partial charge in [0.25, 0.3) is 0 Å². The molecule has 0 aromatic carbocycles. The van der Waals surface area contributed by atoms with Crippen LogP contribution in [0.15, 0.2) is 0 Å². The van der Waals surface area contributed by atoms with Crippen LogP contribution < -0.4 is 0 Å². The zero-order valence-corrected chi connectivity index (χ0v) is 3.83. The molecule has 0 aromatic rings. The largest absolute Gasteiger partial charge is 0.428 e. The molecule has 0 radical (unpaired) electrons.